The number of benzene rings is 3. The molecule has 3 nitrogen and oxygen atoms in total. The summed E-state index contributed by atoms with van der Waals surface area (Å²) in [7, 11) is 0. The lowest BCUT2D eigenvalue weighted by atomic mass is 10.1. The van der Waals surface area contributed by atoms with E-state index in [9.17, 15) is 0 Å². The van der Waals surface area contributed by atoms with E-state index in [0.29, 0.717) is 22.4 Å². The number of hydrogen-bond donors (Lipinski definition) is 1. The predicted octanol–water partition coefficient (Wildman–Crippen LogP) is 6.22. The quantitative estimate of drug-likeness (QED) is 0.457. The number of nitrogens with zero attached hydrogens (tertiary/aromatic N) is 2. The van der Waals surface area contributed by atoms with Gasteiger partial charge in [0.05, 0.1) is 15.6 Å². The molecule has 0 aliphatic heterocycles. The van der Waals surface area contributed by atoms with Crippen LogP contribution in [0.25, 0.3) is 22.3 Å². The fourth-order valence-corrected chi connectivity index (χ4v) is 3.08. The Morgan fingerprint density at radius 3 is 2.35 bits per heavy atom. The lowest BCUT2D eigenvalue weighted by molar-refractivity contribution is 1.11. The zero-order valence-electron chi connectivity index (χ0n) is 13.8. The number of hydrogen-bond acceptors (Lipinski definition) is 3. The molecule has 4 aromatic rings. The Hall–Kier alpha value is -2.62. The topological polar surface area (TPSA) is 37.8 Å². The molecule has 5 heteroatoms. The molecule has 0 fully saturated rings. The summed E-state index contributed by atoms with van der Waals surface area (Å²) in [6.07, 6.45) is 0. The summed E-state index contributed by atoms with van der Waals surface area (Å²) in [6, 6.07) is 23.5. The highest BCUT2D eigenvalue weighted by Crippen LogP contribution is 2.26. The summed E-state index contributed by atoms with van der Waals surface area (Å²) in [5.41, 5.74) is 2.91. The molecule has 0 aliphatic carbocycles. The van der Waals surface area contributed by atoms with E-state index in [1.807, 2.05) is 66.7 Å². The number of fused-ring (bicyclic) bond motifs is 1. The van der Waals surface area contributed by atoms with Crippen molar-refractivity contribution in [3.8, 4) is 11.4 Å². The standard InChI is InChI=1S/C21H15Cl2N3/c22-17-11-10-14(12-18(17)23)13-24-21-16-8-4-5-9-19(16)25-20(26-21)15-6-2-1-3-7-15/h1-12H,13H2,(H,24,25,26). The first-order chi connectivity index (χ1) is 12.7. The highest BCUT2D eigenvalue weighted by atomic mass is 35.5. The molecule has 0 spiro atoms. The van der Waals surface area contributed by atoms with Gasteiger partial charge in [-0.2, -0.15) is 0 Å². The van der Waals surface area contributed by atoms with Crippen molar-refractivity contribution in [3.63, 3.8) is 0 Å². The van der Waals surface area contributed by atoms with Crippen molar-refractivity contribution in [1.29, 1.82) is 0 Å². The van der Waals surface area contributed by atoms with Crippen molar-refractivity contribution >= 4 is 39.9 Å². The zero-order chi connectivity index (χ0) is 17.9. The molecule has 1 N–H and O–H groups in total. The molecule has 0 saturated carbocycles. The number of para-hydroxylation sites is 1. The van der Waals surface area contributed by atoms with Crippen molar-refractivity contribution in [2.75, 3.05) is 5.32 Å². The molecule has 0 atom stereocenters. The lowest BCUT2D eigenvalue weighted by Gasteiger charge is -2.11. The van der Waals surface area contributed by atoms with Gasteiger partial charge in [-0.15, -0.1) is 0 Å². The van der Waals surface area contributed by atoms with Crippen LogP contribution in [0.2, 0.25) is 10.0 Å². The van der Waals surface area contributed by atoms with Gasteiger partial charge in [0.15, 0.2) is 5.82 Å². The van der Waals surface area contributed by atoms with Gasteiger partial charge in [0.2, 0.25) is 0 Å². The van der Waals surface area contributed by atoms with Crippen LogP contribution in [-0.4, -0.2) is 9.97 Å². The first-order valence-electron chi connectivity index (χ1n) is 8.21. The molecular weight excluding hydrogens is 365 g/mol. The molecule has 0 aliphatic rings. The summed E-state index contributed by atoms with van der Waals surface area (Å²) in [5.74, 6) is 1.49. The monoisotopic (exact) mass is 379 g/mol. The van der Waals surface area contributed by atoms with Gasteiger partial charge < -0.3 is 5.32 Å². The van der Waals surface area contributed by atoms with Gasteiger partial charge >= 0.3 is 0 Å². The molecule has 0 bridgehead atoms. The van der Waals surface area contributed by atoms with Crippen molar-refractivity contribution in [1.82, 2.24) is 9.97 Å². The van der Waals surface area contributed by atoms with Crippen molar-refractivity contribution in [3.05, 3.63) is 88.4 Å². The molecule has 4 rings (SSSR count). The van der Waals surface area contributed by atoms with Crippen LogP contribution in [0.15, 0.2) is 72.8 Å². The Morgan fingerprint density at radius 2 is 1.54 bits per heavy atom. The van der Waals surface area contributed by atoms with Gasteiger partial charge in [-0.05, 0) is 29.8 Å². The minimum Gasteiger partial charge on any atom is -0.365 e. The van der Waals surface area contributed by atoms with Crippen molar-refractivity contribution in [2.24, 2.45) is 0 Å². The number of halogens is 2. The summed E-state index contributed by atoms with van der Waals surface area (Å²) in [4.78, 5) is 9.44. The maximum Gasteiger partial charge on any atom is 0.162 e. The van der Waals surface area contributed by atoms with Crippen LogP contribution >= 0.6 is 23.2 Å². The average molecular weight is 380 g/mol. The van der Waals surface area contributed by atoms with Crippen LogP contribution in [0.1, 0.15) is 5.56 Å². The fraction of sp³-hybridized carbons (Fsp3) is 0.0476. The van der Waals surface area contributed by atoms with Crippen molar-refractivity contribution in [2.45, 2.75) is 6.54 Å². The smallest absolute Gasteiger partial charge is 0.162 e. The van der Waals surface area contributed by atoms with Gasteiger partial charge in [0.25, 0.3) is 0 Å². The molecule has 26 heavy (non-hydrogen) atoms. The third kappa shape index (κ3) is 3.50. The summed E-state index contributed by atoms with van der Waals surface area (Å²) < 4.78 is 0. The van der Waals surface area contributed by atoms with Crippen LogP contribution in [0.4, 0.5) is 5.82 Å². The molecule has 128 valence electrons. The average Bonchev–Trinajstić information content (AvgIpc) is 2.69. The molecule has 3 aromatic carbocycles. The van der Waals surface area contributed by atoms with Gasteiger partial charge in [0.1, 0.15) is 5.82 Å². The Kier molecular flexibility index (Phi) is 4.74. The van der Waals surface area contributed by atoms with Crippen LogP contribution < -0.4 is 5.32 Å². The maximum atomic E-state index is 6.11. The third-order valence-electron chi connectivity index (χ3n) is 4.08. The van der Waals surface area contributed by atoms with Crippen LogP contribution in [0.5, 0.6) is 0 Å². The number of nitrogens with one attached hydrogen (secondary N) is 1. The second-order valence-electron chi connectivity index (χ2n) is 5.88. The Balaban J connectivity index is 1.72. The minimum atomic E-state index is 0.545. The van der Waals surface area contributed by atoms with Gasteiger partial charge in [-0.1, -0.05) is 71.7 Å². The normalized spacial score (nSPS) is 10.8. The molecule has 0 unspecified atom stereocenters. The SMILES string of the molecule is Clc1ccc(CNc2nc(-c3ccccc3)nc3ccccc23)cc1Cl. The largest absolute Gasteiger partial charge is 0.365 e. The molecule has 1 aromatic heterocycles. The first kappa shape index (κ1) is 16.8. The van der Waals surface area contributed by atoms with Crippen LogP contribution in [0, 0.1) is 0 Å². The summed E-state index contributed by atoms with van der Waals surface area (Å²) in [6.45, 7) is 0.589. The van der Waals surface area contributed by atoms with Gasteiger partial charge in [0, 0.05) is 17.5 Å². The predicted molar refractivity (Wildman–Crippen MR) is 109 cm³/mol. The Morgan fingerprint density at radius 1 is 0.769 bits per heavy atom. The highest BCUT2D eigenvalue weighted by Gasteiger charge is 2.09. The van der Waals surface area contributed by atoms with E-state index in [2.05, 4.69) is 5.32 Å². The maximum absolute atomic E-state index is 6.11. The lowest BCUT2D eigenvalue weighted by Crippen LogP contribution is -2.04. The van der Waals surface area contributed by atoms with Crippen molar-refractivity contribution < 1.29 is 0 Å². The van der Waals surface area contributed by atoms with E-state index in [1.54, 1.807) is 6.07 Å². The molecular formula is C21H15Cl2N3. The Labute approximate surface area is 161 Å². The van der Waals surface area contributed by atoms with Gasteiger partial charge in [-0.3, -0.25) is 0 Å². The number of aromatic nitrogens is 2. The van der Waals surface area contributed by atoms with E-state index in [-0.39, 0.29) is 0 Å². The summed E-state index contributed by atoms with van der Waals surface area (Å²) in [5, 5.41) is 5.48. The molecule has 0 radical (unpaired) electrons. The van der Waals surface area contributed by atoms with Crippen LogP contribution in [0.3, 0.4) is 0 Å². The summed E-state index contributed by atoms with van der Waals surface area (Å²) >= 11 is 12.1. The molecule has 0 saturated heterocycles. The van der Waals surface area contributed by atoms with Gasteiger partial charge in [-0.25, -0.2) is 9.97 Å². The molecule has 0 amide bonds. The minimum absolute atomic E-state index is 0.545. The fourth-order valence-electron chi connectivity index (χ4n) is 2.76. The Bertz CT molecular complexity index is 1070. The van der Waals surface area contributed by atoms with E-state index in [4.69, 9.17) is 33.2 Å². The molecule has 1 heterocycles. The zero-order valence-corrected chi connectivity index (χ0v) is 15.3. The van der Waals surface area contributed by atoms with Crippen LogP contribution in [-0.2, 0) is 6.54 Å². The highest BCUT2D eigenvalue weighted by molar-refractivity contribution is 6.42. The second-order valence-corrected chi connectivity index (χ2v) is 6.70. The second kappa shape index (κ2) is 7.32. The number of anilines is 1. The first-order valence-corrected chi connectivity index (χ1v) is 8.96. The van der Waals surface area contributed by atoms with E-state index < -0.39 is 0 Å². The van der Waals surface area contributed by atoms with E-state index in [1.165, 1.54) is 0 Å². The van der Waals surface area contributed by atoms with E-state index >= 15 is 0 Å². The number of rotatable bonds is 4. The van der Waals surface area contributed by atoms with E-state index in [0.717, 1.165) is 27.8 Å². The third-order valence-corrected chi connectivity index (χ3v) is 4.82.